The molecular weight excluding hydrogens is 361 g/mol. The molecule has 1 aliphatic heterocycles. The van der Waals surface area contributed by atoms with Gasteiger partial charge in [-0.05, 0) is 17.7 Å². The molecule has 144 valence electrons. The molecule has 0 radical (unpaired) electrons. The molecule has 1 unspecified atom stereocenters. The highest BCUT2D eigenvalue weighted by atomic mass is 35.5. The van der Waals surface area contributed by atoms with Gasteiger partial charge in [-0.1, -0.05) is 31.5 Å². The SMILES string of the molecule is CC(C)(CO)CNC(=O)CC1C(=O)NCCN1Cc1ccc(Cl)c(F)c1. The lowest BCUT2D eigenvalue weighted by Gasteiger charge is -2.35. The first-order chi connectivity index (χ1) is 12.2. The lowest BCUT2D eigenvalue weighted by atomic mass is 9.95. The Morgan fingerprint density at radius 3 is 2.88 bits per heavy atom. The van der Waals surface area contributed by atoms with Gasteiger partial charge in [-0.2, -0.15) is 0 Å². The van der Waals surface area contributed by atoms with Gasteiger partial charge in [0.2, 0.25) is 11.8 Å². The summed E-state index contributed by atoms with van der Waals surface area (Å²) in [6.07, 6.45) is 0.00339. The van der Waals surface area contributed by atoms with Gasteiger partial charge in [0.1, 0.15) is 5.82 Å². The first-order valence-electron chi connectivity index (χ1n) is 8.55. The van der Waals surface area contributed by atoms with E-state index in [4.69, 9.17) is 11.6 Å². The number of aliphatic hydroxyl groups is 1. The molecule has 1 aliphatic rings. The van der Waals surface area contributed by atoms with Crippen LogP contribution < -0.4 is 10.6 Å². The van der Waals surface area contributed by atoms with Crippen LogP contribution in [0, 0.1) is 11.2 Å². The summed E-state index contributed by atoms with van der Waals surface area (Å²) in [5.41, 5.74) is 0.263. The van der Waals surface area contributed by atoms with Gasteiger partial charge in [0.15, 0.2) is 0 Å². The lowest BCUT2D eigenvalue weighted by molar-refractivity contribution is -0.134. The molecule has 1 fully saturated rings. The molecule has 1 atom stereocenters. The fourth-order valence-corrected chi connectivity index (χ4v) is 2.80. The zero-order valence-electron chi connectivity index (χ0n) is 15.0. The van der Waals surface area contributed by atoms with E-state index in [2.05, 4.69) is 10.6 Å². The summed E-state index contributed by atoms with van der Waals surface area (Å²) in [5.74, 6) is -0.991. The van der Waals surface area contributed by atoms with Crippen LogP contribution in [0.3, 0.4) is 0 Å². The summed E-state index contributed by atoms with van der Waals surface area (Å²) in [6.45, 7) is 5.33. The smallest absolute Gasteiger partial charge is 0.237 e. The predicted molar refractivity (Wildman–Crippen MR) is 97.1 cm³/mol. The first kappa shape index (κ1) is 20.6. The van der Waals surface area contributed by atoms with Crippen LogP contribution in [0.2, 0.25) is 5.02 Å². The topological polar surface area (TPSA) is 81.7 Å². The van der Waals surface area contributed by atoms with E-state index in [-0.39, 0.29) is 29.9 Å². The maximum atomic E-state index is 13.6. The molecule has 2 amide bonds. The molecule has 1 saturated heterocycles. The van der Waals surface area contributed by atoms with Gasteiger partial charge in [-0.25, -0.2) is 4.39 Å². The van der Waals surface area contributed by atoms with Crippen molar-refractivity contribution < 1.29 is 19.1 Å². The van der Waals surface area contributed by atoms with Crippen LogP contribution in [-0.4, -0.2) is 54.1 Å². The van der Waals surface area contributed by atoms with E-state index < -0.39 is 17.3 Å². The van der Waals surface area contributed by atoms with Crippen molar-refractivity contribution in [3.63, 3.8) is 0 Å². The van der Waals surface area contributed by atoms with Gasteiger partial charge in [0.25, 0.3) is 0 Å². The summed E-state index contributed by atoms with van der Waals surface area (Å²) in [4.78, 5) is 26.3. The molecule has 3 N–H and O–H groups in total. The standard InChI is InChI=1S/C18H25ClFN3O3/c1-18(2,11-24)10-22-16(25)8-15-17(26)21-5-6-23(15)9-12-3-4-13(19)14(20)7-12/h3-4,7,15,24H,5-6,8-11H2,1-2H3,(H,21,26)(H,22,25). The average Bonchev–Trinajstić information content (AvgIpc) is 2.59. The summed E-state index contributed by atoms with van der Waals surface area (Å²) >= 11 is 5.70. The third-order valence-corrected chi connectivity index (χ3v) is 4.69. The minimum atomic E-state index is -0.625. The molecule has 2 rings (SSSR count). The molecule has 0 bridgehead atoms. The quantitative estimate of drug-likeness (QED) is 0.661. The molecule has 6 nitrogen and oxygen atoms in total. The van der Waals surface area contributed by atoms with Crippen molar-refractivity contribution in [1.82, 2.24) is 15.5 Å². The molecule has 1 aromatic rings. The Balaban J connectivity index is 2.01. The fourth-order valence-electron chi connectivity index (χ4n) is 2.69. The Morgan fingerprint density at radius 1 is 1.50 bits per heavy atom. The predicted octanol–water partition coefficient (Wildman–Crippen LogP) is 1.30. The molecule has 26 heavy (non-hydrogen) atoms. The van der Waals surface area contributed by atoms with Crippen molar-refractivity contribution >= 4 is 23.4 Å². The number of amides is 2. The Hall–Kier alpha value is -1.70. The monoisotopic (exact) mass is 385 g/mol. The minimum absolute atomic E-state index is 0.00339. The Kier molecular flexibility index (Phi) is 6.97. The van der Waals surface area contributed by atoms with Crippen molar-refractivity contribution in [3.8, 4) is 0 Å². The van der Waals surface area contributed by atoms with Gasteiger partial charge in [-0.3, -0.25) is 14.5 Å². The van der Waals surface area contributed by atoms with E-state index in [1.165, 1.54) is 12.1 Å². The number of hydrogen-bond donors (Lipinski definition) is 3. The Labute approximate surface area is 157 Å². The van der Waals surface area contributed by atoms with Gasteiger partial charge in [0.05, 0.1) is 17.5 Å². The van der Waals surface area contributed by atoms with Crippen molar-refractivity contribution in [2.75, 3.05) is 26.2 Å². The summed E-state index contributed by atoms with van der Waals surface area (Å²) < 4.78 is 13.6. The number of carbonyl (C=O) groups is 2. The average molecular weight is 386 g/mol. The zero-order valence-corrected chi connectivity index (χ0v) is 15.8. The molecule has 0 saturated carbocycles. The highest BCUT2D eigenvalue weighted by Gasteiger charge is 2.32. The highest BCUT2D eigenvalue weighted by Crippen LogP contribution is 2.19. The van der Waals surface area contributed by atoms with Crippen molar-refractivity contribution in [2.45, 2.75) is 32.9 Å². The summed E-state index contributed by atoms with van der Waals surface area (Å²) in [7, 11) is 0. The van der Waals surface area contributed by atoms with Gasteiger partial charge >= 0.3 is 0 Å². The maximum absolute atomic E-state index is 13.6. The number of aliphatic hydroxyl groups excluding tert-OH is 1. The number of hydrogen-bond acceptors (Lipinski definition) is 4. The van der Waals surface area contributed by atoms with Crippen LogP contribution in [0.25, 0.3) is 0 Å². The molecule has 0 spiro atoms. The highest BCUT2D eigenvalue weighted by molar-refractivity contribution is 6.30. The van der Waals surface area contributed by atoms with E-state index >= 15 is 0 Å². The van der Waals surface area contributed by atoms with Crippen LogP contribution in [0.5, 0.6) is 0 Å². The second-order valence-electron chi connectivity index (χ2n) is 7.33. The lowest BCUT2D eigenvalue weighted by Crippen LogP contribution is -2.56. The number of carbonyl (C=O) groups excluding carboxylic acids is 2. The van der Waals surface area contributed by atoms with E-state index in [0.29, 0.717) is 31.7 Å². The number of halogens is 2. The summed E-state index contributed by atoms with van der Waals surface area (Å²) in [6, 6.07) is 3.91. The zero-order chi connectivity index (χ0) is 19.3. The van der Waals surface area contributed by atoms with Crippen molar-refractivity contribution in [1.29, 1.82) is 0 Å². The first-order valence-corrected chi connectivity index (χ1v) is 8.93. The maximum Gasteiger partial charge on any atom is 0.237 e. The molecule has 1 heterocycles. The second-order valence-corrected chi connectivity index (χ2v) is 7.74. The van der Waals surface area contributed by atoms with E-state index in [9.17, 15) is 19.1 Å². The number of piperazine rings is 1. The van der Waals surface area contributed by atoms with Crippen LogP contribution in [0.1, 0.15) is 25.8 Å². The third kappa shape index (κ3) is 5.65. The third-order valence-electron chi connectivity index (χ3n) is 4.38. The number of nitrogens with zero attached hydrogens (tertiary/aromatic N) is 1. The van der Waals surface area contributed by atoms with E-state index in [1.807, 2.05) is 18.7 Å². The molecule has 1 aromatic carbocycles. The van der Waals surface area contributed by atoms with Crippen LogP contribution in [0.4, 0.5) is 4.39 Å². The molecule has 8 heteroatoms. The van der Waals surface area contributed by atoms with Crippen LogP contribution >= 0.6 is 11.6 Å². The molecule has 0 aliphatic carbocycles. The van der Waals surface area contributed by atoms with E-state index in [1.54, 1.807) is 6.07 Å². The fraction of sp³-hybridized carbons (Fsp3) is 0.556. The molecule has 0 aromatic heterocycles. The second kappa shape index (κ2) is 8.79. The number of rotatable bonds is 7. The minimum Gasteiger partial charge on any atom is -0.396 e. The van der Waals surface area contributed by atoms with Gasteiger partial charge in [0, 0.05) is 38.2 Å². The van der Waals surface area contributed by atoms with Gasteiger partial charge < -0.3 is 15.7 Å². The summed E-state index contributed by atoms with van der Waals surface area (Å²) in [5, 5.41) is 14.8. The van der Waals surface area contributed by atoms with Crippen LogP contribution in [-0.2, 0) is 16.1 Å². The van der Waals surface area contributed by atoms with Gasteiger partial charge in [-0.15, -0.1) is 0 Å². The normalized spacial score (nSPS) is 18.5. The number of benzene rings is 1. The van der Waals surface area contributed by atoms with Crippen molar-refractivity contribution in [3.05, 3.63) is 34.6 Å². The van der Waals surface area contributed by atoms with E-state index in [0.717, 1.165) is 0 Å². The Bertz CT molecular complexity index is 669. The number of nitrogens with one attached hydrogen (secondary N) is 2. The Morgan fingerprint density at radius 2 is 2.23 bits per heavy atom. The largest absolute Gasteiger partial charge is 0.396 e. The van der Waals surface area contributed by atoms with Crippen LogP contribution in [0.15, 0.2) is 18.2 Å². The molecular formula is C18H25ClFN3O3. The van der Waals surface area contributed by atoms with Crippen molar-refractivity contribution in [2.24, 2.45) is 5.41 Å².